The Hall–Kier alpha value is -1.21. The van der Waals surface area contributed by atoms with Crippen molar-refractivity contribution >= 4 is 5.91 Å². The molecule has 4 rings (SSSR count). The number of nitrogens with one attached hydrogen (secondary N) is 1. The van der Waals surface area contributed by atoms with E-state index in [0.717, 1.165) is 6.92 Å². The molecule has 19 heteroatoms. The average molecular weight is 660 g/mol. The van der Waals surface area contributed by atoms with Crippen LogP contribution in [0.3, 0.4) is 0 Å². The zero-order valence-electron chi connectivity index (χ0n) is 25.0. The summed E-state index contributed by atoms with van der Waals surface area (Å²) < 4.78 is 39.6. The second-order valence-corrected chi connectivity index (χ2v) is 11.8. The molecule has 20 atom stereocenters. The van der Waals surface area contributed by atoms with Crippen molar-refractivity contribution in [1.82, 2.24) is 5.32 Å². The van der Waals surface area contributed by atoms with Gasteiger partial charge in [0.15, 0.2) is 25.2 Å². The van der Waals surface area contributed by atoms with Crippen LogP contribution in [0.25, 0.3) is 0 Å². The summed E-state index contributed by atoms with van der Waals surface area (Å²) in [6.07, 6.45) is -29.5. The molecular weight excluding hydrogens is 614 g/mol. The summed E-state index contributed by atoms with van der Waals surface area (Å²) in [4.78, 5) is 12.3. The van der Waals surface area contributed by atoms with Crippen LogP contribution in [0.15, 0.2) is 0 Å². The van der Waals surface area contributed by atoms with Crippen molar-refractivity contribution in [1.29, 1.82) is 0 Å². The van der Waals surface area contributed by atoms with Gasteiger partial charge in [-0.25, -0.2) is 0 Å². The molecule has 4 heterocycles. The summed E-state index contributed by atoms with van der Waals surface area (Å²) in [5, 5.41) is 107. The molecule has 19 nitrogen and oxygen atoms in total. The van der Waals surface area contributed by atoms with Crippen LogP contribution in [-0.2, 0) is 38.0 Å². The van der Waals surface area contributed by atoms with Gasteiger partial charge in [-0.1, -0.05) is 0 Å². The molecule has 0 radical (unpaired) electrons. The Labute approximate surface area is 257 Å². The SMILES string of the molecule is CC(=O)N[C@H]1[C@H](O[C@H]2[C@H](O[C@@H]3[C@H](O)[C@@H](O)[C@H](C)O[C@H]3O)O[C@@H](C)[C@H](O)[C@H]2O)O[C@H](CO)[C@@H](O)[C@@H]1O[C@@H]1O[C@@H](C)[C@H](O)[C@@H](O)[C@H]1O. The van der Waals surface area contributed by atoms with E-state index < -0.39 is 135 Å². The Balaban J connectivity index is 1.63. The molecule has 45 heavy (non-hydrogen) atoms. The minimum Gasteiger partial charge on any atom is -0.394 e. The third-order valence-electron chi connectivity index (χ3n) is 8.49. The van der Waals surface area contributed by atoms with E-state index in [1.54, 1.807) is 0 Å². The second-order valence-electron chi connectivity index (χ2n) is 11.8. The molecule has 0 saturated carbocycles. The molecule has 0 aromatic rings. The van der Waals surface area contributed by atoms with Crippen molar-refractivity contribution in [2.75, 3.05) is 6.61 Å². The van der Waals surface area contributed by atoms with Gasteiger partial charge in [0.1, 0.15) is 79.3 Å². The van der Waals surface area contributed by atoms with E-state index in [0.29, 0.717) is 0 Å². The van der Waals surface area contributed by atoms with Crippen molar-refractivity contribution in [2.45, 2.75) is 150 Å². The number of aliphatic hydroxyl groups excluding tert-OH is 10. The summed E-state index contributed by atoms with van der Waals surface area (Å²) in [5.41, 5.74) is 0. The van der Waals surface area contributed by atoms with Crippen LogP contribution in [0, 0.1) is 0 Å². The average Bonchev–Trinajstić information content (AvgIpc) is 2.98. The number of ether oxygens (including phenoxy) is 7. The summed E-state index contributed by atoms with van der Waals surface area (Å²) in [6, 6.07) is -1.49. The minimum atomic E-state index is -1.81. The number of hydrogen-bond acceptors (Lipinski definition) is 18. The molecule has 0 bridgehead atoms. The third-order valence-corrected chi connectivity index (χ3v) is 8.49. The molecule has 4 aliphatic heterocycles. The van der Waals surface area contributed by atoms with Gasteiger partial charge in [0.25, 0.3) is 0 Å². The van der Waals surface area contributed by atoms with Crippen molar-refractivity contribution in [2.24, 2.45) is 0 Å². The smallest absolute Gasteiger partial charge is 0.217 e. The lowest BCUT2D eigenvalue weighted by Gasteiger charge is -2.50. The van der Waals surface area contributed by atoms with Gasteiger partial charge in [-0.15, -0.1) is 0 Å². The van der Waals surface area contributed by atoms with E-state index in [1.807, 2.05) is 0 Å². The van der Waals surface area contributed by atoms with Crippen molar-refractivity contribution in [3.8, 4) is 0 Å². The van der Waals surface area contributed by atoms with Gasteiger partial charge in [0.05, 0.1) is 24.9 Å². The van der Waals surface area contributed by atoms with Gasteiger partial charge < -0.3 is 89.5 Å². The molecule has 11 N–H and O–H groups in total. The fraction of sp³-hybridized carbons (Fsp3) is 0.962. The maximum Gasteiger partial charge on any atom is 0.217 e. The normalized spacial score (nSPS) is 52.8. The Kier molecular flexibility index (Phi) is 12.1. The van der Waals surface area contributed by atoms with Crippen LogP contribution >= 0.6 is 0 Å². The van der Waals surface area contributed by atoms with Crippen molar-refractivity contribution in [3.63, 3.8) is 0 Å². The summed E-state index contributed by atoms with van der Waals surface area (Å²) in [6.45, 7) is 4.48. The Morgan fingerprint density at radius 3 is 1.64 bits per heavy atom. The third kappa shape index (κ3) is 7.60. The van der Waals surface area contributed by atoms with Gasteiger partial charge in [-0.05, 0) is 20.8 Å². The van der Waals surface area contributed by atoms with Crippen LogP contribution in [0.2, 0.25) is 0 Å². The molecule has 0 aromatic carbocycles. The lowest BCUT2D eigenvalue weighted by molar-refractivity contribution is -0.386. The molecule has 1 amide bonds. The number of carbonyl (C=O) groups excluding carboxylic acids is 1. The summed E-state index contributed by atoms with van der Waals surface area (Å²) in [7, 11) is 0. The zero-order chi connectivity index (χ0) is 33.5. The lowest BCUT2D eigenvalue weighted by atomic mass is 9.94. The molecule has 4 aliphatic rings. The highest BCUT2D eigenvalue weighted by atomic mass is 16.8. The van der Waals surface area contributed by atoms with E-state index in [-0.39, 0.29) is 0 Å². The van der Waals surface area contributed by atoms with Gasteiger partial charge in [-0.2, -0.15) is 0 Å². The minimum absolute atomic E-state index is 0.690. The molecular formula is C26H45NO18. The van der Waals surface area contributed by atoms with E-state index in [9.17, 15) is 55.9 Å². The van der Waals surface area contributed by atoms with Crippen LogP contribution in [0.1, 0.15) is 27.7 Å². The van der Waals surface area contributed by atoms with Crippen LogP contribution < -0.4 is 5.32 Å². The fourth-order valence-corrected chi connectivity index (χ4v) is 5.75. The quantitative estimate of drug-likeness (QED) is 0.115. The predicted octanol–water partition coefficient (Wildman–Crippen LogP) is -6.52. The zero-order valence-corrected chi connectivity index (χ0v) is 25.0. The van der Waals surface area contributed by atoms with Crippen LogP contribution in [0.5, 0.6) is 0 Å². The first-order valence-corrected chi connectivity index (χ1v) is 14.7. The highest BCUT2D eigenvalue weighted by Crippen LogP contribution is 2.34. The van der Waals surface area contributed by atoms with Gasteiger partial charge in [0.2, 0.25) is 5.91 Å². The Morgan fingerprint density at radius 2 is 1.07 bits per heavy atom. The van der Waals surface area contributed by atoms with E-state index in [1.165, 1.54) is 20.8 Å². The van der Waals surface area contributed by atoms with E-state index >= 15 is 0 Å². The first-order chi connectivity index (χ1) is 21.1. The number of rotatable bonds is 8. The van der Waals surface area contributed by atoms with Crippen molar-refractivity contribution < 1.29 is 89.0 Å². The maximum atomic E-state index is 12.3. The van der Waals surface area contributed by atoms with E-state index in [2.05, 4.69) is 5.32 Å². The van der Waals surface area contributed by atoms with Crippen molar-refractivity contribution in [3.05, 3.63) is 0 Å². The monoisotopic (exact) mass is 659 g/mol. The summed E-state index contributed by atoms with van der Waals surface area (Å²) >= 11 is 0. The molecule has 4 fully saturated rings. The number of aliphatic hydroxyl groups is 10. The fourth-order valence-electron chi connectivity index (χ4n) is 5.75. The van der Waals surface area contributed by atoms with Crippen LogP contribution in [-0.4, -0.2) is 186 Å². The van der Waals surface area contributed by atoms with E-state index in [4.69, 9.17) is 33.2 Å². The standard InChI is InChI=1S/C26H45NO18/c1-6-13(31)17(35)21(23(38)39-6)44-26-22(18(36)14(32)8(3)41-26)45-24-11(27-9(4)29)20(15(33)10(5-28)42-24)43-25-19(37)16(34)12(30)7(2)40-25/h6-8,10-26,28,30-38H,5H2,1-4H3,(H,27,29)/t6-,7-,8-,10+,11+,12-,13-,14-,15+,16+,17+,18+,19+,20+,21+,22+,23+,24-,25-,26-/m0/s1. The largest absolute Gasteiger partial charge is 0.394 e. The molecule has 4 saturated heterocycles. The highest BCUT2D eigenvalue weighted by Gasteiger charge is 2.55. The second kappa shape index (κ2) is 14.9. The highest BCUT2D eigenvalue weighted by molar-refractivity contribution is 5.73. The first kappa shape index (κ1) is 36.6. The molecule has 0 aromatic heterocycles. The lowest BCUT2D eigenvalue weighted by Crippen LogP contribution is -2.69. The van der Waals surface area contributed by atoms with Gasteiger partial charge in [0, 0.05) is 6.92 Å². The van der Waals surface area contributed by atoms with Gasteiger partial charge >= 0.3 is 0 Å². The topological polar surface area (TPSA) is 296 Å². The van der Waals surface area contributed by atoms with Crippen LogP contribution in [0.4, 0.5) is 0 Å². The summed E-state index contributed by atoms with van der Waals surface area (Å²) in [5.74, 6) is -0.690. The maximum absolute atomic E-state index is 12.3. The molecule has 262 valence electrons. The number of carbonyl (C=O) groups is 1. The molecule has 0 unspecified atom stereocenters. The Morgan fingerprint density at radius 1 is 0.578 bits per heavy atom. The molecule has 0 spiro atoms. The number of hydrogen-bond donors (Lipinski definition) is 11. The first-order valence-electron chi connectivity index (χ1n) is 14.7. The van der Waals surface area contributed by atoms with Gasteiger partial charge in [-0.3, -0.25) is 4.79 Å². The Bertz CT molecular complexity index is 980. The number of amides is 1. The predicted molar refractivity (Wildman–Crippen MR) is 141 cm³/mol. The molecule has 0 aliphatic carbocycles.